The molecule has 0 saturated carbocycles. The van der Waals surface area contributed by atoms with Gasteiger partial charge < -0.3 is 9.84 Å². The minimum Gasteiger partial charge on any atom is -0.493 e. The number of aryl methyl sites for hydroxylation is 2. The molecule has 1 aromatic heterocycles. The first-order valence-electron chi connectivity index (χ1n) is 6.50. The lowest BCUT2D eigenvalue weighted by atomic mass is 9.78. The van der Waals surface area contributed by atoms with E-state index in [1.54, 1.807) is 18.0 Å². The Hall–Kier alpha value is -1.81. The fourth-order valence-electron chi connectivity index (χ4n) is 3.02. The minimum atomic E-state index is -0.898. The lowest BCUT2D eigenvalue weighted by Crippen LogP contribution is -2.35. The van der Waals surface area contributed by atoms with Gasteiger partial charge in [0.25, 0.3) is 0 Å². The summed E-state index contributed by atoms with van der Waals surface area (Å²) in [6, 6.07) is 8.29. The third kappa shape index (κ3) is 1.92. The molecular weight excluding hydrogens is 240 g/mol. The largest absolute Gasteiger partial charge is 0.493 e. The molecule has 3 rings (SSSR count). The smallest absolute Gasteiger partial charge is 0.162 e. The Bertz CT molecular complexity index is 606. The van der Waals surface area contributed by atoms with Crippen LogP contribution in [0.5, 0.6) is 5.75 Å². The van der Waals surface area contributed by atoms with Crippen LogP contribution in [0, 0.1) is 0 Å². The number of hydrogen-bond acceptors (Lipinski definition) is 3. The molecule has 1 heterocycles. The zero-order chi connectivity index (χ0) is 13.5. The molecule has 19 heavy (non-hydrogen) atoms. The van der Waals surface area contributed by atoms with E-state index in [-0.39, 0.29) is 0 Å². The summed E-state index contributed by atoms with van der Waals surface area (Å²) < 4.78 is 7.04. The van der Waals surface area contributed by atoms with Crippen LogP contribution in [0.25, 0.3) is 0 Å². The first-order chi connectivity index (χ1) is 9.14. The van der Waals surface area contributed by atoms with Crippen molar-refractivity contribution in [1.29, 1.82) is 0 Å². The molecule has 1 N–H and O–H groups in total. The van der Waals surface area contributed by atoms with E-state index in [1.165, 1.54) is 11.1 Å². The second-order valence-electron chi connectivity index (χ2n) is 5.16. The number of ether oxygens (including phenoxy) is 1. The Morgan fingerprint density at radius 2 is 2.05 bits per heavy atom. The van der Waals surface area contributed by atoms with Crippen LogP contribution >= 0.6 is 0 Å². The highest BCUT2D eigenvalue weighted by Crippen LogP contribution is 2.39. The molecule has 0 spiro atoms. The summed E-state index contributed by atoms with van der Waals surface area (Å²) in [5.41, 5.74) is 2.41. The summed E-state index contributed by atoms with van der Waals surface area (Å²) in [6.07, 6.45) is 3.84. The second-order valence-corrected chi connectivity index (χ2v) is 5.16. The van der Waals surface area contributed by atoms with Crippen LogP contribution in [0.15, 0.2) is 30.5 Å². The number of fused-ring (bicyclic) bond motifs is 1. The van der Waals surface area contributed by atoms with E-state index in [0.717, 1.165) is 12.1 Å². The molecule has 2 aromatic rings. The monoisotopic (exact) mass is 258 g/mol. The first-order valence-corrected chi connectivity index (χ1v) is 6.50. The molecular formula is C15H18N2O2. The normalized spacial score (nSPS) is 22.1. The lowest BCUT2D eigenvalue weighted by Gasteiger charge is -2.34. The lowest BCUT2D eigenvalue weighted by molar-refractivity contribution is 0.0121. The molecule has 1 unspecified atom stereocenters. The van der Waals surface area contributed by atoms with E-state index in [4.69, 9.17) is 4.74 Å². The van der Waals surface area contributed by atoms with Gasteiger partial charge in [0.1, 0.15) is 11.3 Å². The number of aromatic nitrogens is 2. The van der Waals surface area contributed by atoms with E-state index in [2.05, 4.69) is 17.2 Å². The standard InChI is InChI=1S/C15H18N2O2/c1-17-14(13(19-2)10-16-17)15(18)8-7-11-5-3-4-6-12(11)9-15/h3-6,10,18H,7-9H2,1-2H3. The van der Waals surface area contributed by atoms with Gasteiger partial charge in [0, 0.05) is 13.5 Å². The summed E-state index contributed by atoms with van der Waals surface area (Å²) in [4.78, 5) is 0. The Kier molecular flexibility index (Phi) is 2.82. The summed E-state index contributed by atoms with van der Waals surface area (Å²) >= 11 is 0. The number of rotatable bonds is 2. The van der Waals surface area contributed by atoms with Gasteiger partial charge in [-0.15, -0.1) is 0 Å². The maximum Gasteiger partial charge on any atom is 0.162 e. The molecule has 0 amide bonds. The second kappa shape index (κ2) is 4.38. The van der Waals surface area contributed by atoms with Crippen molar-refractivity contribution in [3.63, 3.8) is 0 Å². The summed E-state index contributed by atoms with van der Waals surface area (Å²) in [5.74, 6) is 0.657. The van der Waals surface area contributed by atoms with Gasteiger partial charge in [-0.05, 0) is 24.0 Å². The summed E-state index contributed by atoms with van der Waals surface area (Å²) in [7, 11) is 3.46. The number of hydrogen-bond donors (Lipinski definition) is 1. The Labute approximate surface area is 112 Å². The van der Waals surface area contributed by atoms with E-state index in [1.807, 2.05) is 19.2 Å². The van der Waals surface area contributed by atoms with Crippen molar-refractivity contribution in [1.82, 2.24) is 9.78 Å². The fraction of sp³-hybridized carbons (Fsp3) is 0.400. The van der Waals surface area contributed by atoms with Crippen molar-refractivity contribution in [2.75, 3.05) is 7.11 Å². The molecule has 0 radical (unpaired) electrons. The van der Waals surface area contributed by atoms with Crippen LogP contribution in [0.3, 0.4) is 0 Å². The van der Waals surface area contributed by atoms with Crippen LogP contribution in [-0.2, 0) is 25.5 Å². The van der Waals surface area contributed by atoms with Crippen LogP contribution in [0.1, 0.15) is 23.2 Å². The van der Waals surface area contributed by atoms with E-state index < -0.39 is 5.60 Å². The number of benzene rings is 1. The SMILES string of the molecule is COc1cnn(C)c1C1(O)CCc2ccccc2C1. The van der Waals surface area contributed by atoms with Gasteiger partial charge in [0.2, 0.25) is 0 Å². The van der Waals surface area contributed by atoms with E-state index in [9.17, 15) is 5.11 Å². The van der Waals surface area contributed by atoms with Gasteiger partial charge in [-0.25, -0.2) is 0 Å². The maximum atomic E-state index is 11.0. The molecule has 1 atom stereocenters. The van der Waals surface area contributed by atoms with E-state index >= 15 is 0 Å². The van der Waals surface area contributed by atoms with Crippen molar-refractivity contribution < 1.29 is 9.84 Å². The zero-order valence-corrected chi connectivity index (χ0v) is 11.3. The van der Waals surface area contributed by atoms with Crippen molar-refractivity contribution >= 4 is 0 Å². The molecule has 0 bridgehead atoms. The summed E-state index contributed by atoms with van der Waals surface area (Å²) in [6.45, 7) is 0. The van der Waals surface area contributed by atoms with Crippen LogP contribution in [-0.4, -0.2) is 22.0 Å². The third-order valence-corrected chi connectivity index (χ3v) is 3.98. The number of nitrogens with zero attached hydrogens (tertiary/aromatic N) is 2. The highest BCUT2D eigenvalue weighted by atomic mass is 16.5. The molecule has 0 aliphatic heterocycles. The van der Waals surface area contributed by atoms with Gasteiger partial charge >= 0.3 is 0 Å². The van der Waals surface area contributed by atoms with Crippen molar-refractivity contribution in [2.45, 2.75) is 24.9 Å². The molecule has 1 aromatic carbocycles. The quantitative estimate of drug-likeness (QED) is 0.893. The fourth-order valence-corrected chi connectivity index (χ4v) is 3.02. The molecule has 0 fully saturated rings. The van der Waals surface area contributed by atoms with Crippen LogP contribution in [0.4, 0.5) is 0 Å². The Morgan fingerprint density at radius 3 is 2.79 bits per heavy atom. The topological polar surface area (TPSA) is 47.3 Å². The average Bonchev–Trinajstić information content (AvgIpc) is 2.80. The predicted octanol–water partition coefficient (Wildman–Crippen LogP) is 1.81. The summed E-state index contributed by atoms with van der Waals surface area (Å²) in [5, 5.41) is 15.2. The third-order valence-electron chi connectivity index (χ3n) is 3.98. The van der Waals surface area contributed by atoms with Crippen molar-refractivity contribution in [3.8, 4) is 5.75 Å². The van der Waals surface area contributed by atoms with Gasteiger partial charge in [-0.3, -0.25) is 4.68 Å². The molecule has 1 aliphatic carbocycles. The van der Waals surface area contributed by atoms with Gasteiger partial charge in [-0.1, -0.05) is 24.3 Å². The minimum absolute atomic E-state index is 0.610. The molecule has 0 saturated heterocycles. The van der Waals surface area contributed by atoms with Gasteiger partial charge in [0.05, 0.1) is 13.3 Å². The highest BCUT2D eigenvalue weighted by molar-refractivity contribution is 5.38. The zero-order valence-electron chi connectivity index (χ0n) is 11.3. The number of aliphatic hydroxyl groups is 1. The molecule has 4 nitrogen and oxygen atoms in total. The van der Waals surface area contributed by atoms with Crippen molar-refractivity contribution in [3.05, 3.63) is 47.3 Å². The highest BCUT2D eigenvalue weighted by Gasteiger charge is 2.38. The Morgan fingerprint density at radius 1 is 1.32 bits per heavy atom. The van der Waals surface area contributed by atoms with E-state index in [0.29, 0.717) is 18.6 Å². The Balaban J connectivity index is 2.04. The molecule has 4 heteroatoms. The van der Waals surface area contributed by atoms with Gasteiger partial charge in [0.15, 0.2) is 5.75 Å². The molecule has 100 valence electrons. The number of methoxy groups -OCH3 is 1. The predicted molar refractivity (Wildman–Crippen MR) is 72.1 cm³/mol. The first kappa shape index (κ1) is 12.2. The average molecular weight is 258 g/mol. The molecule has 1 aliphatic rings. The van der Waals surface area contributed by atoms with Crippen molar-refractivity contribution in [2.24, 2.45) is 7.05 Å². The van der Waals surface area contributed by atoms with Crippen LogP contribution in [0.2, 0.25) is 0 Å². The van der Waals surface area contributed by atoms with Crippen LogP contribution < -0.4 is 4.74 Å². The maximum absolute atomic E-state index is 11.0. The van der Waals surface area contributed by atoms with Gasteiger partial charge in [-0.2, -0.15) is 5.10 Å².